The molecule has 1 amide bonds. The van der Waals surface area contributed by atoms with Gasteiger partial charge in [-0.3, -0.25) is 9.59 Å². The van der Waals surface area contributed by atoms with Gasteiger partial charge in [-0.1, -0.05) is 0 Å². The van der Waals surface area contributed by atoms with E-state index in [0.29, 0.717) is 26.5 Å². The van der Waals surface area contributed by atoms with E-state index in [1.165, 1.54) is 0 Å². The van der Waals surface area contributed by atoms with Crippen LogP contribution in [0.25, 0.3) is 0 Å². The molecule has 0 aliphatic heterocycles. The molecule has 0 saturated carbocycles. The van der Waals surface area contributed by atoms with Crippen LogP contribution in [0.2, 0.25) is 0 Å². The monoisotopic (exact) mass is 374 g/mol. The lowest BCUT2D eigenvalue weighted by Crippen LogP contribution is -2.29. The lowest BCUT2D eigenvalue weighted by atomic mass is 10.2. The molecule has 0 unspecified atom stereocenters. The first kappa shape index (κ1) is 14.7. The number of nitrogens with zero attached hydrogens (tertiary/aromatic N) is 1. The number of ether oxygens (including phenoxy) is 1. The van der Waals surface area contributed by atoms with E-state index < -0.39 is 5.91 Å². The van der Waals surface area contributed by atoms with Gasteiger partial charge < -0.3 is 10.1 Å². The van der Waals surface area contributed by atoms with Crippen LogP contribution >= 0.6 is 31.9 Å². The van der Waals surface area contributed by atoms with Gasteiger partial charge in [0, 0.05) is 5.56 Å². The van der Waals surface area contributed by atoms with Crippen LogP contribution in [0, 0.1) is 11.3 Å². The summed E-state index contributed by atoms with van der Waals surface area (Å²) >= 11 is 6.49. The van der Waals surface area contributed by atoms with Crippen LogP contribution in [0.3, 0.4) is 0 Å². The zero-order valence-electron chi connectivity index (χ0n) is 9.07. The van der Waals surface area contributed by atoms with Crippen molar-refractivity contribution in [2.75, 3.05) is 13.2 Å². The van der Waals surface area contributed by atoms with Crippen molar-refractivity contribution in [2.24, 2.45) is 0 Å². The van der Waals surface area contributed by atoms with Gasteiger partial charge in [-0.25, -0.2) is 0 Å². The standard InChI is InChI=1S/C11H8Br2N2O3/c12-8-3-7(5-16)4-9(13)11(8)18-6-10(17)15-2-1-14/h3-5H,2,6H2,(H,15,17). The SMILES string of the molecule is N#CCNC(=O)COc1c(Br)cc(C=O)cc1Br. The summed E-state index contributed by atoms with van der Waals surface area (Å²) in [4.78, 5) is 21.9. The van der Waals surface area contributed by atoms with E-state index in [-0.39, 0.29) is 13.2 Å². The van der Waals surface area contributed by atoms with Gasteiger partial charge in [0.1, 0.15) is 18.6 Å². The third kappa shape index (κ3) is 4.13. The molecular weight excluding hydrogens is 368 g/mol. The van der Waals surface area contributed by atoms with E-state index in [4.69, 9.17) is 10.00 Å². The molecule has 0 aliphatic carbocycles. The number of rotatable bonds is 5. The predicted molar refractivity (Wildman–Crippen MR) is 71.3 cm³/mol. The largest absolute Gasteiger partial charge is 0.481 e. The third-order valence-electron chi connectivity index (χ3n) is 1.87. The highest BCUT2D eigenvalue weighted by atomic mass is 79.9. The van der Waals surface area contributed by atoms with Crippen LogP contribution in [-0.2, 0) is 4.79 Å². The Kier molecular flexibility index (Phi) is 5.82. The molecule has 0 spiro atoms. The van der Waals surface area contributed by atoms with Crippen LogP contribution in [0.1, 0.15) is 10.4 Å². The second kappa shape index (κ2) is 7.13. The van der Waals surface area contributed by atoms with Crippen molar-refractivity contribution >= 4 is 44.1 Å². The Balaban J connectivity index is 2.71. The number of nitriles is 1. The fourth-order valence-electron chi connectivity index (χ4n) is 1.11. The molecular formula is C11H8Br2N2O3. The third-order valence-corrected chi connectivity index (χ3v) is 3.05. The molecule has 0 saturated heterocycles. The van der Waals surface area contributed by atoms with Crippen LogP contribution in [0.5, 0.6) is 5.75 Å². The lowest BCUT2D eigenvalue weighted by molar-refractivity contribution is -0.122. The summed E-state index contributed by atoms with van der Waals surface area (Å²) in [6.07, 6.45) is 0.707. The molecule has 0 bridgehead atoms. The van der Waals surface area contributed by atoms with Crippen molar-refractivity contribution in [2.45, 2.75) is 0 Å². The number of aldehydes is 1. The van der Waals surface area contributed by atoms with Gasteiger partial charge in [-0.15, -0.1) is 0 Å². The van der Waals surface area contributed by atoms with Gasteiger partial charge in [0.15, 0.2) is 6.61 Å². The normalized spacial score (nSPS) is 9.39. The lowest BCUT2D eigenvalue weighted by Gasteiger charge is -2.10. The highest BCUT2D eigenvalue weighted by molar-refractivity contribution is 9.11. The first-order chi connectivity index (χ1) is 8.58. The molecule has 94 valence electrons. The fraction of sp³-hybridized carbons (Fsp3) is 0.182. The zero-order valence-corrected chi connectivity index (χ0v) is 12.2. The van der Waals surface area contributed by atoms with E-state index in [2.05, 4.69) is 37.2 Å². The summed E-state index contributed by atoms with van der Waals surface area (Å²) in [6.45, 7) is -0.270. The fourth-order valence-corrected chi connectivity index (χ4v) is 2.56. The van der Waals surface area contributed by atoms with Gasteiger partial charge in [0.05, 0.1) is 15.0 Å². The Bertz CT molecular complexity index is 488. The molecule has 1 aromatic rings. The van der Waals surface area contributed by atoms with Crippen LogP contribution in [0.4, 0.5) is 0 Å². The van der Waals surface area contributed by atoms with E-state index in [1.54, 1.807) is 18.2 Å². The predicted octanol–water partition coefficient (Wildman–Crippen LogP) is 2.04. The minimum absolute atomic E-state index is 0.0609. The molecule has 18 heavy (non-hydrogen) atoms. The van der Waals surface area contributed by atoms with Gasteiger partial charge in [-0.05, 0) is 44.0 Å². The summed E-state index contributed by atoms with van der Waals surface area (Å²) in [7, 11) is 0. The topological polar surface area (TPSA) is 79.2 Å². The van der Waals surface area contributed by atoms with Gasteiger partial charge in [-0.2, -0.15) is 5.26 Å². The van der Waals surface area contributed by atoms with Gasteiger partial charge >= 0.3 is 0 Å². The molecule has 1 rings (SSSR count). The Hall–Kier alpha value is -1.39. The summed E-state index contributed by atoms with van der Waals surface area (Å²) < 4.78 is 6.42. The second-order valence-corrected chi connectivity index (χ2v) is 4.86. The van der Waals surface area contributed by atoms with Crippen molar-refractivity contribution in [3.8, 4) is 11.8 Å². The highest BCUT2D eigenvalue weighted by Crippen LogP contribution is 2.34. The summed E-state index contributed by atoms with van der Waals surface area (Å²) in [6, 6.07) is 4.96. The highest BCUT2D eigenvalue weighted by Gasteiger charge is 2.10. The molecule has 1 aromatic carbocycles. The molecule has 0 radical (unpaired) electrons. The Morgan fingerprint density at radius 2 is 2.06 bits per heavy atom. The molecule has 1 N–H and O–H groups in total. The average Bonchev–Trinajstić information content (AvgIpc) is 2.34. The number of nitrogens with one attached hydrogen (secondary N) is 1. The maximum absolute atomic E-state index is 11.2. The van der Waals surface area contributed by atoms with Crippen molar-refractivity contribution in [3.63, 3.8) is 0 Å². The van der Waals surface area contributed by atoms with Crippen molar-refractivity contribution in [3.05, 3.63) is 26.6 Å². The maximum atomic E-state index is 11.2. The summed E-state index contributed by atoms with van der Waals surface area (Å²) in [5.41, 5.74) is 0.482. The zero-order chi connectivity index (χ0) is 13.5. The number of hydrogen-bond donors (Lipinski definition) is 1. The Labute approximate surface area is 120 Å². The maximum Gasteiger partial charge on any atom is 0.258 e. The quantitative estimate of drug-likeness (QED) is 0.630. The molecule has 0 aliphatic rings. The number of carbonyl (C=O) groups is 2. The molecule has 0 heterocycles. The number of hydrogen-bond acceptors (Lipinski definition) is 4. The second-order valence-electron chi connectivity index (χ2n) is 3.16. The van der Waals surface area contributed by atoms with Crippen molar-refractivity contribution in [1.29, 1.82) is 5.26 Å². The molecule has 7 heteroatoms. The Morgan fingerprint density at radius 1 is 1.44 bits per heavy atom. The van der Waals surface area contributed by atoms with E-state index in [9.17, 15) is 9.59 Å². The van der Waals surface area contributed by atoms with Gasteiger partial charge in [0.2, 0.25) is 0 Å². The van der Waals surface area contributed by atoms with E-state index in [0.717, 1.165) is 0 Å². The minimum Gasteiger partial charge on any atom is -0.481 e. The smallest absolute Gasteiger partial charge is 0.258 e. The summed E-state index contributed by atoms with van der Waals surface area (Å²) in [5.74, 6) is 0.0301. The number of amides is 1. The van der Waals surface area contributed by atoms with E-state index >= 15 is 0 Å². The minimum atomic E-state index is -0.394. The number of halogens is 2. The van der Waals surface area contributed by atoms with Crippen LogP contribution in [0.15, 0.2) is 21.1 Å². The number of carbonyl (C=O) groups excluding carboxylic acids is 2. The van der Waals surface area contributed by atoms with Gasteiger partial charge in [0.25, 0.3) is 5.91 Å². The molecule has 0 fully saturated rings. The average molecular weight is 376 g/mol. The molecule has 0 aromatic heterocycles. The molecule has 0 atom stereocenters. The van der Waals surface area contributed by atoms with Crippen LogP contribution in [-0.4, -0.2) is 25.3 Å². The molecule has 5 nitrogen and oxygen atoms in total. The first-order valence-electron chi connectivity index (χ1n) is 4.79. The summed E-state index contributed by atoms with van der Waals surface area (Å²) in [5, 5.41) is 10.6. The number of benzene rings is 1. The Morgan fingerprint density at radius 3 is 2.56 bits per heavy atom. The van der Waals surface area contributed by atoms with Crippen molar-refractivity contribution in [1.82, 2.24) is 5.32 Å². The van der Waals surface area contributed by atoms with Crippen LogP contribution < -0.4 is 10.1 Å². The first-order valence-corrected chi connectivity index (χ1v) is 6.37. The van der Waals surface area contributed by atoms with E-state index in [1.807, 2.05) is 0 Å². The van der Waals surface area contributed by atoms with Crippen molar-refractivity contribution < 1.29 is 14.3 Å².